The number of anilines is 2. The maximum atomic E-state index is 14.5. The van der Waals surface area contributed by atoms with E-state index in [1.165, 1.54) is 48.3 Å². The molecule has 3 aromatic carbocycles. The van der Waals surface area contributed by atoms with Gasteiger partial charge in [-0.1, -0.05) is 97.1 Å². The molecular weight excluding hydrogens is 1110 g/mol. The summed E-state index contributed by atoms with van der Waals surface area (Å²) in [7, 11) is 0. The Hall–Kier alpha value is -8.07. The molecule has 11 rings (SSSR count). The summed E-state index contributed by atoms with van der Waals surface area (Å²) >= 11 is 2.99. The van der Waals surface area contributed by atoms with Crippen molar-refractivity contribution in [2.24, 2.45) is 5.92 Å². The fourth-order valence-electron chi connectivity index (χ4n) is 12.1. The number of thiazole rings is 2. The van der Waals surface area contributed by atoms with Gasteiger partial charge in [-0.05, 0) is 119 Å². The van der Waals surface area contributed by atoms with Crippen molar-refractivity contribution in [2.45, 2.75) is 136 Å². The van der Waals surface area contributed by atoms with Gasteiger partial charge < -0.3 is 34.8 Å². The SMILES string of the molecule is C=C(C)[C@H](C(=O)N1C[C@H](O)C[C@H]1C(=O)NCc1ccc(-c2scnc2C)cc1OCCCCCCNC(=O)c1nc(N2CCc3cccc(C(=O)Nc4nc5ccccc5s4)c3C2)ccc1-c1cnn(CC2CCCCC2)c1C)c1cc(C)no1. The average molecular weight is 1180 g/mol. The lowest BCUT2D eigenvalue weighted by Gasteiger charge is -2.31. The Labute approximate surface area is 503 Å². The number of ether oxygens (including phenoxy) is 1. The van der Waals surface area contributed by atoms with Crippen LogP contribution in [0.3, 0.4) is 0 Å². The van der Waals surface area contributed by atoms with Crippen LogP contribution in [0.4, 0.5) is 10.9 Å². The second-order valence-corrected chi connectivity index (χ2v) is 24.7. The molecule has 7 heterocycles. The number of carbonyl (C=O) groups excluding carboxylic acids is 4. The molecule has 2 aliphatic heterocycles. The zero-order valence-corrected chi connectivity index (χ0v) is 50.3. The molecule has 0 bridgehead atoms. The number of rotatable bonds is 22. The number of nitrogens with zero attached hydrogens (tertiary/aromatic N) is 8. The summed E-state index contributed by atoms with van der Waals surface area (Å²) in [4.78, 5) is 75.2. The van der Waals surface area contributed by atoms with Crippen molar-refractivity contribution in [1.82, 2.24) is 45.4 Å². The number of pyridine rings is 1. The van der Waals surface area contributed by atoms with Crippen LogP contribution >= 0.6 is 22.7 Å². The van der Waals surface area contributed by atoms with Crippen molar-refractivity contribution in [3.05, 3.63) is 154 Å². The molecule has 4 amide bonds. The number of para-hydroxylation sites is 1. The highest BCUT2D eigenvalue weighted by Crippen LogP contribution is 2.36. The fourth-order valence-corrected chi connectivity index (χ4v) is 13.7. The molecule has 2 fully saturated rings. The lowest BCUT2D eigenvalue weighted by atomic mass is 9.89. The van der Waals surface area contributed by atoms with Gasteiger partial charge in [-0.25, -0.2) is 15.0 Å². The van der Waals surface area contributed by atoms with Crippen LogP contribution in [-0.4, -0.2) is 102 Å². The van der Waals surface area contributed by atoms with E-state index in [0.717, 1.165) is 92.1 Å². The zero-order chi connectivity index (χ0) is 59.1. The molecule has 0 spiro atoms. The van der Waals surface area contributed by atoms with Crippen LogP contribution in [0.25, 0.3) is 31.8 Å². The first-order valence-electron chi connectivity index (χ1n) is 29.6. The van der Waals surface area contributed by atoms with Crippen molar-refractivity contribution in [1.29, 1.82) is 0 Å². The van der Waals surface area contributed by atoms with Gasteiger partial charge in [-0.3, -0.25) is 29.2 Å². The summed E-state index contributed by atoms with van der Waals surface area (Å²) < 4.78 is 15.0. The number of hydrogen-bond acceptors (Lipinski definition) is 15. The molecule has 85 heavy (non-hydrogen) atoms. The molecule has 20 heteroatoms. The van der Waals surface area contributed by atoms with Gasteiger partial charge in [0, 0.05) is 79.7 Å². The number of unbranched alkanes of at least 4 members (excludes halogenated alkanes) is 3. The molecule has 0 unspecified atom stereocenters. The molecule has 1 saturated heterocycles. The second-order valence-electron chi connectivity index (χ2n) is 22.8. The van der Waals surface area contributed by atoms with Crippen LogP contribution < -0.4 is 25.6 Å². The van der Waals surface area contributed by atoms with E-state index in [4.69, 9.17) is 19.3 Å². The van der Waals surface area contributed by atoms with Gasteiger partial charge in [0.1, 0.15) is 29.2 Å². The maximum absolute atomic E-state index is 14.5. The summed E-state index contributed by atoms with van der Waals surface area (Å²) in [6.45, 7) is 14.5. The van der Waals surface area contributed by atoms with Gasteiger partial charge in [-0.2, -0.15) is 5.10 Å². The quantitative estimate of drug-likeness (QED) is 0.0367. The molecular formula is C65H73N11O7S2. The number of hydrogen-bond donors (Lipinski definition) is 4. The predicted octanol–water partition coefficient (Wildman–Crippen LogP) is 11.3. The van der Waals surface area contributed by atoms with E-state index < -0.39 is 18.1 Å². The zero-order valence-electron chi connectivity index (χ0n) is 48.7. The third-order valence-corrected chi connectivity index (χ3v) is 18.6. The number of aromatic nitrogens is 6. The smallest absolute Gasteiger partial charge is 0.270 e. The number of benzene rings is 3. The number of carbonyl (C=O) groups is 4. The first-order valence-corrected chi connectivity index (χ1v) is 31.3. The van der Waals surface area contributed by atoms with E-state index in [1.54, 1.807) is 31.3 Å². The molecule has 1 saturated carbocycles. The van der Waals surface area contributed by atoms with Crippen LogP contribution in [0.15, 0.2) is 107 Å². The van der Waals surface area contributed by atoms with Crippen molar-refractivity contribution >= 4 is 67.5 Å². The van der Waals surface area contributed by atoms with Crippen molar-refractivity contribution < 1.29 is 33.5 Å². The molecule has 3 atom stereocenters. The Morgan fingerprint density at radius 2 is 1.74 bits per heavy atom. The number of aliphatic hydroxyl groups excluding tert-OH is 1. The van der Waals surface area contributed by atoms with Gasteiger partial charge in [0.2, 0.25) is 11.8 Å². The van der Waals surface area contributed by atoms with Crippen molar-refractivity contribution in [3.8, 4) is 27.3 Å². The Morgan fingerprint density at radius 3 is 2.53 bits per heavy atom. The Kier molecular flexibility index (Phi) is 18.3. The third-order valence-electron chi connectivity index (χ3n) is 16.7. The van der Waals surface area contributed by atoms with Crippen molar-refractivity contribution in [2.75, 3.05) is 36.5 Å². The number of likely N-dealkylation sites (tertiary alicyclic amines) is 1. The van der Waals surface area contributed by atoms with E-state index in [1.807, 2.05) is 85.4 Å². The number of fused-ring (bicyclic) bond motifs is 2. The average Bonchev–Trinajstić information content (AvgIpc) is 4.59. The Balaban J connectivity index is 0.731. The monoisotopic (exact) mass is 1180 g/mol. The summed E-state index contributed by atoms with van der Waals surface area (Å²) in [5.41, 5.74) is 12.0. The minimum Gasteiger partial charge on any atom is -0.493 e. The molecule has 442 valence electrons. The summed E-state index contributed by atoms with van der Waals surface area (Å²) in [5, 5.41) is 29.4. The van der Waals surface area contributed by atoms with E-state index in [-0.39, 0.29) is 43.1 Å². The van der Waals surface area contributed by atoms with Gasteiger partial charge >= 0.3 is 0 Å². The molecule has 3 aliphatic rings. The minimum absolute atomic E-state index is 0.00503. The van der Waals surface area contributed by atoms with Crippen LogP contribution in [0, 0.1) is 26.7 Å². The summed E-state index contributed by atoms with van der Waals surface area (Å²) in [5.74, 6) is 0.116. The number of nitrogens with one attached hydrogen (secondary N) is 3. The van der Waals surface area contributed by atoms with Crippen LogP contribution in [0.5, 0.6) is 5.75 Å². The first-order chi connectivity index (χ1) is 41.3. The highest BCUT2D eigenvalue weighted by Gasteiger charge is 2.43. The number of amides is 4. The number of aryl methyl sites for hydroxylation is 2. The van der Waals surface area contributed by atoms with E-state index in [2.05, 4.69) is 60.2 Å². The van der Waals surface area contributed by atoms with E-state index >= 15 is 0 Å². The number of aliphatic hydroxyl groups is 1. The topological polar surface area (TPSA) is 223 Å². The van der Waals surface area contributed by atoms with Gasteiger partial charge in [-0.15, -0.1) is 11.3 Å². The number of β-amino-alcohol motifs (C(OH)–C–C–N with tert-alkyl or cyclic N) is 1. The first kappa shape index (κ1) is 58.7. The third kappa shape index (κ3) is 13.4. The van der Waals surface area contributed by atoms with Gasteiger partial charge in [0.15, 0.2) is 10.9 Å². The summed E-state index contributed by atoms with van der Waals surface area (Å²) in [6, 6.07) is 24.4. The maximum Gasteiger partial charge on any atom is 0.270 e. The standard InChI is InChI=1S/C65H73N11O7S2/c1-39(2)58(55-30-40(3)73-83-55)64(81)75-36-47(77)32-53(75)62(79)67-33-46-23-22-45(60-41(4)68-38-84-60)31-54(46)82-29-14-7-6-13-27-66-63(80)59-48(50-34-69-76(42(50)5)35-43-16-9-8-10-17-43)24-25-57(71-59)74-28-26-44-18-15-19-49(51(44)37-74)61(78)72-65-70-52-20-11-12-21-56(52)85-65/h11-12,15,18-25,30-31,34,38,43,47,53,58,77H,1,6-10,13-14,16-17,26-29,32-33,35-37H2,2-5H3,(H,66,80)(H,67,79)(H,70,72,78)/t47-,53+,58+/m1/s1. The van der Waals surface area contributed by atoms with Crippen LogP contribution in [0.1, 0.15) is 137 Å². The molecule has 0 radical (unpaired) electrons. The Bertz CT molecular complexity index is 3710. The molecule has 18 nitrogen and oxygen atoms in total. The van der Waals surface area contributed by atoms with E-state index in [0.29, 0.717) is 83.6 Å². The van der Waals surface area contributed by atoms with Crippen LogP contribution in [0.2, 0.25) is 0 Å². The lowest BCUT2D eigenvalue weighted by molar-refractivity contribution is -0.139. The molecule has 8 aromatic rings. The highest BCUT2D eigenvalue weighted by molar-refractivity contribution is 7.22. The predicted molar refractivity (Wildman–Crippen MR) is 331 cm³/mol. The lowest BCUT2D eigenvalue weighted by Crippen LogP contribution is -2.47. The fraction of sp³-hybridized carbons (Fsp3) is 0.400. The minimum atomic E-state index is -0.901. The second kappa shape index (κ2) is 26.5. The highest BCUT2D eigenvalue weighted by atomic mass is 32.1. The van der Waals surface area contributed by atoms with Crippen LogP contribution in [-0.2, 0) is 35.6 Å². The molecule has 1 aliphatic carbocycles. The van der Waals surface area contributed by atoms with Crippen molar-refractivity contribution in [3.63, 3.8) is 0 Å². The normalized spacial score (nSPS) is 16.5. The summed E-state index contributed by atoms with van der Waals surface area (Å²) in [6.07, 6.45) is 11.1. The van der Waals surface area contributed by atoms with Gasteiger partial charge in [0.05, 0.1) is 50.9 Å². The largest absolute Gasteiger partial charge is 0.493 e. The Morgan fingerprint density at radius 1 is 0.906 bits per heavy atom. The molecule has 5 aromatic heterocycles. The van der Waals surface area contributed by atoms with Gasteiger partial charge in [0.25, 0.3) is 11.8 Å². The molecule has 4 N–H and O–H groups in total. The van der Waals surface area contributed by atoms with E-state index in [9.17, 15) is 24.3 Å².